The molecule has 18 nitrogen and oxygen atoms in total. The number of fused-ring (bicyclic) bond motifs is 8. The maximum atomic E-state index is 14.9. The van der Waals surface area contributed by atoms with Gasteiger partial charge in [0, 0.05) is 84.8 Å². The minimum atomic E-state index is -0.753. The summed E-state index contributed by atoms with van der Waals surface area (Å²) in [6.07, 6.45) is 12.9. The van der Waals surface area contributed by atoms with Crippen molar-refractivity contribution in [2.45, 2.75) is 222 Å². The first-order valence-corrected chi connectivity index (χ1v) is 35.3. The molecule has 0 saturated heterocycles. The summed E-state index contributed by atoms with van der Waals surface area (Å²) in [4.78, 5) is 135. The maximum Gasteiger partial charge on any atom is 0.333 e. The van der Waals surface area contributed by atoms with Crippen LogP contribution in [0.2, 0.25) is 0 Å². The first kappa shape index (κ1) is 80.1. The second-order valence-corrected chi connectivity index (χ2v) is 25.6. The van der Waals surface area contributed by atoms with Gasteiger partial charge in [-0.2, -0.15) is 0 Å². The van der Waals surface area contributed by atoms with E-state index in [2.05, 4.69) is 40.9 Å². The van der Waals surface area contributed by atoms with Crippen molar-refractivity contribution in [1.82, 2.24) is 0 Å². The van der Waals surface area contributed by atoms with E-state index in [-0.39, 0.29) is 162 Å². The fraction of sp³-hybridized carbons (Fsp3) is 0.525. The van der Waals surface area contributed by atoms with Gasteiger partial charge in [0.05, 0.1) is 0 Å². The Bertz CT molecular complexity index is 3230. The molecule has 0 fully saturated rings. The molecule has 0 atom stereocenters. The second kappa shape index (κ2) is 43.0. The lowest BCUT2D eigenvalue weighted by atomic mass is 9.86. The van der Waals surface area contributed by atoms with Gasteiger partial charge in [0.15, 0.2) is 23.1 Å². The Labute approximate surface area is 579 Å². The predicted molar refractivity (Wildman–Crippen MR) is 375 cm³/mol. The fourth-order valence-corrected chi connectivity index (χ4v) is 11.6. The van der Waals surface area contributed by atoms with Crippen LogP contribution in [0.3, 0.4) is 0 Å². The molecular weight excluding hydrogens is 1250 g/mol. The molecule has 0 amide bonds. The minimum Gasteiger partial charge on any atom is -0.489 e. The molecule has 0 N–H and O–H groups in total. The number of rotatable bonds is 46. The first-order valence-electron chi connectivity index (χ1n) is 35.3. The maximum absolute atomic E-state index is 14.9. The molecule has 532 valence electrons. The summed E-state index contributed by atoms with van der Waals surface area (Å²) in [5.74, 6) is -3.06. The van der Waals surface area contributed by atoms with Gasteiger partial charge in [0.1, 0.15) is 100 Å². The molecule has 0 radical (unpaired) electrons. The Morgan fingerprint density at radius 1 is 0.306 bits per heavy atom. The molecule has 8 bridgehead atoms. The zero-order valence-electron chi connectivity index (χ0n) is 59.4. The van der Waals surface area contributed by atoms with Crippen LogP contribution in [0.4, 0.5) is 0 Å². The van der Waals surface area contributed by atoms with Crippen LogP contribution in [-0.2, 0) is 73.4 Å². The van der Waals surface area contributed by atoms with Crippen LogP contribution in [0.1, 0.15) is 283 Å². The molecule has 0 aliphatic heterocycles. The second-order valence-electron chi connectivity index (χ2n) is 25.6. The molecule has 0 heterocycles. The van der Waals surface area contributed by atoms with Crippen molar-refractivity contribution in [3.05, 3.63) is 140 Å². The van der Waals surface area contributed by atoms with Gasteiger partial charge in [0.25, 0.3) is 0 Å². The zero-order valence-corrected chi connectivity index (χ0v) is 59.4. The van der Waals surface area contributed by atoms with Crippen LogP contribution >= 0.6 is 0 Å². The highest BCUT2D eigenvalue weighted by Crippen LogP contribution is 2.42. The van der Waals surface area contributed by atoms with Gasteiger partial charge >= 0.3 is 23.9 Å². The lowest BCUT2D eigenvalue weighted by molar-refractivity contribution is -0.147. The van der Waals surface area contributed by atoms with Gasteiger partial charge in [-0.15, -0.1) is 0 Å². The monoisotopic (exact) mass is 1350 g/mol. The Balaban J connectivity index is 2.03. The van der Waals surface area contributed by atoms with E-state index < -0.39 is 36.7 Å². The summed E-state index contributed by atoms with van der Waals surface area (Å²) < 4.78 is 49.6. The van der Waals surface area contributed by atoms with Crippen LogP contribution < -0.4 is 18.9 Å². The molecule has 1 aliphatic rings. The third-order valence-electron chi connectivity index (χ3n) is 16.6. The van der Waals surface area contributed by atoms with Crippen molar-refractivity contribution in [3.8, 4) is 23.0 Å². The standard InChI is InChI=1S/C80H104O18/c1-11-15-19-23-27-69(83)57-41-61-49-62-42-58(70(84)28-24-20-16-12-2)44-64(76(62)94-34-32-92-74(88)40-56(10)82)51-66-46-60(72(86)30-26-22-18-14-4)48-68(78(66)96-36-38-98-80(90)54(7)8)52-67-47-59(71(85)29-25-21-17-13-3)45-65(77(67)95-35-37-97-79(89)53(5)6)50-63(43-57)75(61)93-33-31-91-73(87)39-55(9)81/h41-48H,5,7,11-40,49-52H2,1-4,6,8-10H3. The number of carbonyl (C=O) groups is 10. The number of benzene rings is 4. The molecule has 1 aliphatic carbocycles. The Morgan fingerprint density at radius 3 is 0.714 bits per heavy atom. The molecule has 0 saturated carbocycles. The van der Waals surface area contributed by atoms with E-state index in [1.807, 2.05) is 0 Å². The Kier molecular flexibility index (Phi) is 35.2. The zero-order chi connectivity index (χ0) is 71.5. The highest BCUT2D eigenvalue weighted by Gasteiger charge is 2.28. The third-order valence-corrected chi connectivity index (χ3v) is 16.6. The number of Topliss-reactive ketones (excluding diaryl/α,β-unsaturated/α-hetero) is 6. The average molecular weight is 1350 g/mol. The Morgan fingerprint density at radius 2 is 0.520 bits per heavy atom. The van der Waals surface area contributed by atoms with Gasteiger partial charge < -0.3 is 37.9 Å². The van der Waals surface area contributed by atoms with Crippen LogP contribution in [0.25, 0.3) is 0 Å². The van der Waals surface area contributed by atoms with Crippen molar-refractivity contribution >= 4 is 58.6 Å². The molecule has 0 spiro atoms. The number of esters is 4. The van der Waals surface area contributed by atoms with Crippen LogP contribution in [-0.4, -0.2) is 111 Å². The summed E-state index contributed by atoms with van der Waals surface area (Å²) in [5, 5.41) is 0. The molecule has 5 rings (SSSR count). The lowest BCUT2D eigenvalue weighted by Crippen LogP contribution is -2.18. The summed E-state index contributed by atoms with van der Waals surface area (Å²) in [6.45, 7) is 19.7. The van der Waals surface area contributed by atoms with E-state index >= 15 is 0 Å². The van der Waals surface area contributed by atoms with Crippen molar-refractivity contribution in [2.24, 2.45) is 0 Å². The third kappa shape index (κ3) is 27.1. The average Bonchev–Trinajstić information content (AvgIpc) is 0.773. The van der Waals surface area contributed by atoms with Crippen molar-refractivity contribution < 1.29 is 85.8 Å². The van der Waals surface area contributed by atoms with Gasteiger partial charge in [0.2, 0.25) is 0 Å². The molecule has 4 aromatic carbocycles. The molecule has 18 heteroatoms. The van der Waals surface area contributed by atoms with E-state index in [9.17, 15) is 47.9 Å². The lowest BCUT2D eigenvalue weighted by Gasteiger charge is -2.25. The summed E-state index contributed by atoms with van der Waals surface area (Å²) in [6, 6.07) is 14.1. The quantitative estimate of drug-likeness (QED) is 0.00877. The largest absolute Gasteiger partial charge is 0.489 e. The summed E-state index contributed by atoms with van der Waals surface area (Å²) in [7, 11) is 0. The van der Waals surface area contributed by atoms with Crippen LogP contribution in [0.15, 0.2) is 72.8 Å². The van der Waals surface area contributed by atoms with E-state index in [0.717, 1.165) is 77.0 Å². The Hall–Kier alpha value is -8.54. The topological polar surface area (TPSA) is 245 Å². The number of carbonyl (C=O) groups excluding carboxylic acids is 10. The normalized spacial score (nSPS) is 11.6. The number of ketones is 6. The highest BCUT2D eigenvalue weighted by molar-refractivity contribution is 6.00. The van der Waals surface area contributed by atoms with Gasteiger partial charge in [-0.3, -0.25) is 38.4 Å². The molecule has 0 aromatic heterocycles. The van der Waals surface area contributed by atoms with Crippen LogP contribution in [0, 0.1) is 0 Å². The van der Waals surface area contributed by atoms with E-state index in [4.69, 9.17) is 37.9 Å². The SMILES string of the molecule is C=C(C)C(=O)OCCOc1c2cc(C(=O)CCCCCC)cc1Cc1cc(C(=O)CCCCCC)cc(c1OCCOC(=O)C(=C)C)Cc1cc(C(=O)CCCCCC)cc(c1OCCOC(=O)CC(C)=O)Cc1cc(C(=O)CCCCCC)cc(c1OCCOC(=O)CC(C)=O)C2. The van der Waals surface area contributed by atoms with E-state index in [1.165, 1.54) is 27.7 Å². The first-order chi connectivity index (χ1) is 47.1. The van der Waals surface area contributed by atoms with Gasteiger partial charge in [-0.1, -0.05) is 118 Å². The molecule has 0 unspecified atom stereocenters. The smallest absolute Gasteiger partial charge is 0.333 e. The fourth-order valence-electron chi connectivity index (χ4n) is 11.6. The predicted octanol–water partition coefficient (Wildman–Crippen LogP) is 15.8. The summed E-state index contributed by atoms with van der Waals surface area (Å²) >= 11 is 0. The summed E-state index contributed by atoms with van der Waals surface area (Å²) in [5.41, 5.74) is 5.41. The highest BCUT2D eigenvalue weighted by atomic mass is 16.6. The molecular formula is C80H104O18. The minimum absolute atomic E-state index is 0.0528. The van der Waals surface area contributed by atoms with E-state index in [1.54, 1.807) is 48.5 Å². The van der Waals surface area contributed by atoms with Crippen molar-refractivity contribution in [1.29, 1.82) is 0 Å². The molecule has 4 aromatic rings. The molecule has 98 heavy (non-hydrogen) atoms. The van der Waals surface area contributed by atoms with E-state index in [0.29, 0.717) is 104 Å². The van der Waals surface area contributed by atoms with Crippen molar-refractivity contribution in [3.63, 3.8) is 0 Å². The number of hydrogen-bond acceptors (Lipinski definition) is 18. The van der Waals surface area contributed by atoms with Crippen LogP contribution in [0.5, 0.6) is 23.0 Å². The number of ether oxygens (including phenoxy) is 8. The van der Waals surface area contributed by atoms with Crippen molar-refractivity contribution in [2.75, 3.05) is 52.9 Å². The van der Waals surface area contributed by atoms with Gasteiger partial charge in [-0.05, 0) is 146 Å². The number of hydrogen-bond donors (Lipinski definition) is 0. The number of unbranched alkanes of at least 4 members (excludes halogenated alkanes) is 12. The van der Waals surface area contributed by atoms with Gasteiger partial charge in [-0.25, -0.2) is 9.59 Å².